The van der Waals surface area contributed by atoms with Crippen molar-refractivity contribution in [3.8, 4) is 0 Å². The normalized spacial score (nSPS) is 24.1. The molecule has 0 saturated carbocycles. The van der Waals surface area contributed by atoms with E-state index in [2.05, 4.69) is 19.2 Å². The number of halogens is 3. The number of hydrogen-bond acceptors (Lipinski definition) is 4. The average Bonchev–Trinajstić information content (AvgIpc) is 2.36. The first kappa shape index (κ1) is 19.4. The Morgan fingerprint density at radius 3 is 2.13 bits per heavy atom. The number of likely N-dealkylation sites (N-methyl/N-ethyl adjacent to an activating group) is 1. The number of benzene rings is 1. The number of primary amides is 1. The third kappa shape index (κ3) is 5.19. The molecule has 6 nitrogen and oxygen atoms in total. The van der Waals surface area contributed by atoms with E-state index < -0.39 is 15.6 Å². The summed E-state index contributed by atoms with van der Waals surface area (Å²) in [5, 5.41) is 0. The third-order valence-corrected chi connectivity index (χ3v) is 4.23. The number of hydrogen-bond donors (Lipinski definition) is 1. The number of likely N-dealkylation sites (tertiary alicyclic amines) is 1. The highest BCUT2D eigenvalue weighted by molar-refractivity contribution is 7.86. The van der Waals surface area contributed by atoms with E-state index in [1.807, 2.05) is 18.2 Å². The number of alkyl halides is 3. The SMILES string of the molecule is C[N+]1(Cc2ccccc2)CC[C@H]1C(N)=O.O=S(=O)([O-])C(F)(F)F. The first-order chi connectivity index (χ1) is 10.4. The van der Waals surface area contributed by atoms with Gasteiger partial charge in [0, 0.05) is 5.56 Å². The van der Waals surface area contributed by atoms with Crippen LogP contribution in [-0.2, 0) is 21.5 Å². The Kier molecular flexibility index (Phi) is 5.78. The van der Waals surface area contributed by atoms with Crippen molar-refractivity contribution in [1.29, 1.82) is 0 Å². The van der Waals surface area contributed by atoms with Gasteiger partial charge in [-0.15, -0.1) is 0 Å². The van der Waals surface area contributed by atoms with Crippen molar-refractivity contribution in [2.75, 3.05) is 13.6 Å². The van der Waals surface area contributed by atoms with Crippen molar-refractivity contribution < 1.29 is 35.4 Å². The highest BCUT2D eigenvalue weighted by Crippen LogP contribution is 2.28. The number of amides is 1. The number of carbonyl (C=O) groups is 1. The summed E-state index contributed by atoms with van der Waals surface area (Å²) in [7, 11) is -3.99. The quantitative estimate of drug-likeness (QED) is 0.496. The molecule has 2 atom stereocenters. The monoisotopic (exact) mass is 354 g/mol. The van der Waals surface area contributed by atoms with Crippen molar-refractivity contribution in [3.63, 3.8) is 0 Å². The average molecular weight is 354 g/mol. The fourth-order valence-corrected chi connectivity index (χ4v) is 2.34. The van der Waals surface area contributed by atoms with Gasteiger partial charge in [0.15, 0.2) is 16.2 Å². The summed E-state index contributed by atoms with van der Waals surface area (Å²) in [4.78, 5) is 11.2. The van der Waals surface area contributed by atoms with E-state index in [1.54, 1.807) is 0 Å². The fraction of sp³-hybridized carbons (Fsp3) is 0.462. The lowest BCUT2D eigenvalue weighted by Crippen LogP contribution is -2.66. The van der Waals surface area contributed by atoms with Gasteiger partial charge in [-0.05, 0) is 0 Å². The maximum atomic E-state index is 11.2. The zero-order valence-corrected chi connectivity index (χ0v) is 13.1. The summed E-state index contributed by atoms with van der Waals surface area (Å²) >= 11 is 0. The van der Waals surface area contributed by atoms with Crippen LogP contribution in [0.25, 0.3) is 0 Å². The van der Waals surface area contributed by atoms with Crippen LogP contribution in [0, 0.1) is 0 Å². The number of quaternary nitrogens is 1. The third-order valence-electron chi connectivity index (χ3n) is 3.66. The van der Waals surface area contributed by atoms with Crippen LogP contribution in [0.5, 0.6) is 0 Å². The highest BCUT2D eigenvalue weighted by atomic mass is 32.2. The minimum absolute atomic E-state index is 0.00482. The molecule has 1 aliphatic heterocycles. The summed E-state index contributed by atoms with van der Waals surface area (Å²) < 4.78 is 59.7. The van der Waals surface area contributed by atoms with E-state index in [9.17, 15) is 18.0 Å². The molecule has 1 heterocycles. The second-order valence-corrected chi connectivity index (χ2v) is 6.82. The Morgan fingerprint density at radius 1 is 1.35 bits per heavy atom. The van der Waals surface area contributed by atoms with Crippen molar-refractivity contribution in [3.05, 3.63) is 35.9 Å². The Balaban J connectivity index is 0.000000284. The lowest BCUT2D eigenvalue weighted by Gasteiger charge is -2.48. The largest absolute Gasteiger partial charge is 0.741 e. The standard InChI is InChI=1S/C12H16N2O.CHF3O3S/c1-14(8-7-11(14)12(13)15)9-10-5-3-2-4-6-10;2-1(3,4)8(5,6)7/h2-6,11H,7-9H2,1H3,(H-,13,15);(H,5,6,7)/t11-,14?;/m0./s1. The van der Waals surface area contributed by atoms with Gasteiger partial charge in [-0.3, -0.25) is 4.79 Å². The van der Waals surface area contributed by atoms with Crippen LogP contribution in [0.2, 0.25) is 0 Å². The predicted octanol–water partition coefficient (Wildman–Crippen LogP) is 0.942. The Hall–Kier alpha value is -1.65. The van der Waals surface area contributed by atoms with Gasteiger partial charge in [0.25, 0.3) is 5.91 Å². The summed E-state index contributed by atoms with van der Waals surface area (Å²) in [6, 6.07) is 10.3. The molecular formula is C13H17F3N2O4S. The van der Waals surface area contributed by atoms with Crippen LogP contribution in [-0.4, -0.2) is 48.5 Å². The van der Waals surface area contributed by atoms with Crippen LogP contribution in [0.1, 0.15) is 12.0 Å². The van der Waals surface area contributed by atoms with Gasteiger partial charge in [-0.25, -0.2) is 8.42 Å². The molecule has 10 heteroatoms. The molecule has 2 rings (SSSR count). The molecule has 0 spiro atoms. The molecular weight excluding hydrogens is 337 g/mol. The molecule has 130 valence electrons. The number of rotatable bonds is 3. The minimum atomic E-state index is -6.09. The fourth-order valence-electron chi connectivity index (χ4n) is 2.34. The van der Waals surface area contributed by atoms with E-state index in [0.717, 1.165) is 24.0 Å². The maximum absolute atomic E-state index is 11.2. The molecule has 0 aromatic heterocycles. The van der Waals surface area contributed by atoms with Gasteiger partial charge < -0.3 is 14.8 Å². The first-order valence-electron chi connectivity index (χ1n) is 6.56. The van der Waals surface area contributed by atoms with Crippen LogP contribution in [0.15, 0.2) is 30.3 Å². The molecule has 1 aromatic rings. The van der Waals surface area contributed by atoms with Gasteiger partial charge in [0.05, 0.1) is 20.0 Å². The van der Waals surface area contributed by atoms with E-state index in [-0.39, 0.29) is 11.9 Å². The predicted molar refractivity (Wildman–Crippen MR) is 74.5 cm³/mol. The Labute approximate surface area is 132 Å². The molecule has 1 fully saturated rings. The van der Waals surface area contributed by atoms with Crippen molar-refractivity contribution in [2.45, 2.75) is 24.5 Å². The lowest BCUT2D eigenvalue weighted by atomic mass is 9.96. The molecule has 23 heavy (non-hydrogen) atoms. The Morgan fingerprint density at radius 2 is 1.83 bits per heavy atom. The van der Waals surface area contributed by atoms with E-state index in [4.69, 9.17) is 18.7 Å². The highest BCUT2D eigenvalue weighted by Gasteiger charge is 2.46. The second-order valence-electron chi connectivity index (χ2n) is 5.45. The minimum Gasteiger partial charge on any atom is -0.741 e. The first-order valence-corrected chi connectivity index (χ1v) is 7.97. The van der Waals surface area contributed by atoms with Gasteiger partial charge in [-0.2, -0.15) is 13.2 Å². The van der Waals surface area contributed by atoms with Crippen molar-refractivity contribution in [1.82, 2.24) is 0 Å². The molecule has 0 radical (unpaired) electrons. The van der Waals surface area contributed by atoms with Gasteiger partial charge >= 0.3 is 5.51 Å². The van der Waals surface area contributed by atoms with E-state index in [1.165, 1.54) is 5.56 Å². The molecule has 1 aliphatic rings. The summed E-state index contributed by atoms with van der Waals surface area (Å²) in [6.07, 6.45) is 0.929. The van der Waals surface area contributed by atoms with Crippen molar-refractivity contribution in [2.24, 2.45) is 5.73 Å². The molecule has 2 N–H and O–H groups in total. The second kappa shape index (κ2) is 6.85. The summed E-state index contributed by atoms with van der Waals surface area (Å²) in [5.74, 6) is -0.167. The van der Waals surface area contributed by atoms with Crippen LogP contribution in [0.4, 0.5) is 13.2 Å². The van der Waals surface area contributed by atoms with Crippen LogP contribution < -0.4 is 5.73 Å². The van der Waals surface area contributed by atoms with Crippen LogP contribution >= 0.6 is 0 Å². The molecule has 1 aromatic carbocycles. The Bertz CT molecular complexity index is 649. The van der Waals surface area contributed by atoms with Crippen LogP contribution in [0.3, 0.4) is 0 Å². The zero-order chi connectivity index (χ0) is 17.9. The summed E-state index contributed by atoms with van der Waals surface area (Å²) in [6.45, 7) is 1.94. The smallest absolute Gasteiger partial charge is 0.485 e. The molecule has 1 saturated heterocycles. The molecule has 1 unspecified atom stereocenters. The lowest BCUT2D eigenvalue weighted by molar-refractivity contribution is -0.974. The molecule has 0 aliphatic carbocycles. The van der Waals surface area contributed by atoms with E-state index >= 15 is 0 Å². The number of nitrogens with two attached hydrogens (primary N) is 1. The number of carbonyl (C=O) groups excluding carboxylic acids is 1. The molecule has 1 amide bonds. The zero-order valence-electron chi connectivity index (χ0n) is 12.3. The van der Waals surface area contributed by atoms with Crippen molar-refractivity contribution >= 4 is 16.0 Å². The maximum Gasteiger partial charge on any atom is 0.485 e. The van der Waals surface area contributed by atoms with Gasteiger partial charge in [0.1, 0.15) is 6.54 Å². The number of nitrogens with zero attached hydrogens (tertiary/aromatic N) is 1. The topological polar surface area (TPSA) is 100 Å². The summed E-state index contributed by atoms with van der Waals surface area (Å²) in [5.41, 5.74) is 0.996. The molecule has 0 bridgehead atoms. The van der Waals surface area contributed by atoms with Gasteiger partial charge in [0.2, 0.25) is 0 Å². The van der Waals surface area contributed by atoms with E-state index in [0.29, 0.717) is 0 Å². The van der Waals surface area contributed by atoms with Gasteiger partial charge in [-0.1, -0.05) is 30.3 Å².